The molecule has 0 saturated carbocycles. The number of carbonyl (C=O) groups excluding carboxylic acids is 2. The van der Waals surface area contributed by atoms with Crippen molar-refractivity contribution in [2.45, 2.75) is 12.8 Å². The van der Waals surface area contributed by atoms with Gasteiger partial charge in [-0.1, -0.05) is 0 Å². The molecule has 0 bridgehead atoms. The summed E-state index contributed by atoms with van der Waals surface area (Å²) in [5.74, 6) is -3.32. The molecule has 4 nitrogen and oxygen atoms in total. The fourth-order valence-corrected chi connectivity index (χ4v) is 1.43. The number of ether oxygens (including phenoxy) is 2. The first-order valence-electron chi connectivity index (χ1n) is 5.12. The van der Waals surface area contributed by atoms with Crippen molar-refractivity contribution in [2.75, 3.05) is 14.2 Å². The van der Waals surface area contributed by atoms with Gasteiger partial charge >= 0.3 is 5.97 Å². The number of carbonyl (C=O) groups is 2. The zero-order chi connectivity index (χ0) is 13.7. The molecule has 0 atom stereocenters. The van der Waals surface area contributed by atoms with Crippen LogP contribution < -0.4 is 4.74 Å². The molecule has 0 aromatic heterocycles. The van der Waals surface area contributed by atoms with E-state index >= 15 is 0 Å². The van der Waals surface area contributed by atoms with E-state index in [0.717, 1.165) is 6.07 Å². The molecule has 1 aromatic rings. The Morgan fingerprint density at radius 1 is 1.17 bits per heavy atom. The molecule has 0 heterocycles. The SMILES string of the molecule is COC(=O)CCC(=O)c1cc(F)cc(F)c1OC. The summed E-state index contributed by atoms with van der Waals surface area (Å²) in [7, 11) is 2.36. The topological polar surface area (TPSA) is 52.6 Å². The van der Waals surface area contributed by atoms with Gasteiger partial charge in [-0.2, -0.15) is 0 Å². The maximum Gasteiger partial charge on any atom is 0.305 e. The summed E-state index contributed by atoms with van der Waals surface area (Å²) < 4.78 is 35.4. The van der Waals surface area contributed by atoms with Gasteiger partial charge in [-0.3, -0.25) is 9.59 Å². The number of hydrogen-bond donors (Lipinski definition) is 0. The first-order valence-corrected chi connectivity index (χ1v) is 5.12. The van der Waals surface area contributed by atoms with Gasteiger partial charge in [0.25, 0.3) is 0 Å². The summed E-state index contributed by atoms with van der Waals surface area (Å²) in [5, 5.41) is 0. The van der Waals surface area contributed by atoms with Gasteiger partial charge < -0.3 is 9.47 Å². The Labute approximate surface area is 103 Å². The second kappa shape index (κ2) is 6.09. The molecule has 0 amide bonds. The van der Waals surface area contributed by atoms with Crippen LogP contribution in [0.15, 0.2) is 12.1 Å². The molecule has 0 aliphatic heterocycles. The Morgan fingerprint density at radius 2 is 1.83 bits per heavy atom. The van der Waals surface area contributed by atoms with Crippen LogP contribution in [0.5, 0.6) is 5.75 Å². The van der Waals surface area contributed by atoms with Crippen LogP contribution in [-0.4, -0.2) is 26.0 Å². The predicted molar refractivity (Wildman–Crippen MR) is 58.5 cm³/mol. The van der Waals surface area contributed by atoms with Crippen molar-refractivity contribution in [3.05, 3.63) is 29.3 Å². The van der Waals surface area contributed by atoms with E-state index in [1.807, 2.05) is 0 Å². The number of rotatable bonds is 5. The maximum absolute atomic E-state index is 13.3. The van der Waals surface area contributed by atoms with Gasteiger partial charge in [0.2, 0.25) is 0 Å². The monoisotopic (exact) mass is 258 g/mol. The van der Waals surface area contributed by atoms with Crippen LogP contribution in [0.2, 0.25) is 0 Å². The van der Waals surface area contributed by atoms with Gasteiger partial charge in [0.05, 0.1) is 26.2 Å². The van der Waals surface area contributed by atoms with Gasteiger partial charge in [0, 0.05) is 12.5 Å². The zero-order valence-electron chi connectivity index (χ0n) is 9.96. The van der Waals surface area contributed by atoms with Crippen LogP contribution in [0.25, 0.3) is 0 Å². The van der Waals surface area contributed by atoms with Crippen molar-refractivity contribution in [3.8, 4) is 5.75 Å². The van der Waals surface area contributed by atoms with E-state index in [1.54, 1.807) is 0 Å². The van der Waals surface area contributed by atoms with Crippen molar-refractivity contribution in [1.29, 1.82) is 0 Å². The number of halogens is 2. The van der Waals surface area contributed by atoms with Gasteiger partial charge in [0.15, 0.2) is 17.3 Å². The molecule has 6 heteroatoms. The van der Waals surface area contributed by atoms with Crippen LogP contribution >= 0.6 is 0 Å². The van der Waals surface area contributed by atoms with Crippen LogP contribution in [0, 0.1) is 11.6 Å². The molecule has 0 saturated heterocycles. The number of esters is 1. The van der Waals surface area contributed by atoms with Crippen LogP contribution in [0.3, 0.4) is 0 Å². The highest BCUT2D eigenvalue weighted by atomic mass is 19.1. The van der Waals surface area contributed by atoms with E-state index in [4.69, 9.17) is 4.74 Å². The fourth-order valence-electron chi connectivity index (χ4n) is 1.43. The highest BCUT2D eigenvalue weighted by Crippen LogP contribution is 2.25. The third-order valence-corrected chi connectivity index (χ3v) is 2.30. The molecule has 1 rings (SSSR count). The Morgan fingerprint density at radius 3 is 2.39 bits per heavy atom. The van der Waals surface area contributed by atoms with Crippen LogP contribution in [0.4, 0.5) is 8.78 Å². The normalized spacial score (nSPS) is 10.0. The summed E-state index contributed by atoms with van der Waals surface area (Å²) in [5.41, 5.74) is -0.223. The minimum absolute atomic E-state index is 0.156. The lowest BCUT2D eigenvalue weighted by molar-refractivity contribution is -0.140. The van der Waals surface area contributed by atoms with Crippen molar-refractivity contribution < 1.29 is 27.8 Å². The molecular weight excluding hydrogens is 246 g/mol. The van der Waals surface area contributed by atoms with Gasteiger partial charge in [-0.25, -0.2) is 8.78 Å². The van der Waals surface area contributed by atoms with Gasteiger partial charge in [-0.05, 0) is 6.07 Å². The first kappa shape index (κ1) is 14.1. The average Bonchev–Trinajstić information content (AvgIpc) is 2.34. The molecule has 0 fully saturated rings. The summed E-state index contributed by atoms with van der Waals surface area (Å²) in [4.78, 5) is 22.6. The number of benzene rings is 1. The molecule has 18 heavy (non-hydrogen) atoms. The standard InChI is InChI=1S/C12H12F2O4/c1-17-11(16)4-3-10(15)8-5-7(13)6-9(14)12(8)18-2/h5-6H,3-4H2,1-2H3. The van der Waals surface area contributed by atoms with E-state index in [-0.39, 0.29) is 24.2 Å². The number of Topliss-reactive ketones (excluding diaryl/α,β-unsaturated/α-hetero) is 1. The molecule has 0 aliphatic carbocycles. The first-order chi connectivity index (χ1) is 8.49. The van der Waals surface area contributed by atoms with E-state index in [2.05, 4.69) is 4.74 Å². The second-order valence-electron chi connectivity index (χ2n) is 3.47. The van der Waals surface area contributed by atoms with Crippen LogP contribution in [-0.2, 0) is 9.53 Å². The Bertz CT molecular complexity index is 471. The van der Waals surface area contributed by atoms with E-state index in [9.17, 15) is 18.4 Å². The minimum atomic E-state index is -0.959. The zero-order valence-corrected chi connectivity index (χ0v) is 9.96. The van der Waals surface area contributed by atoms with Crippen molar-refractivity contribution in [1.82, 2.24) is 0 Å². The highest BCUT2D eigenvalue weighted by Gasteiger charge is 2.19. The third kappa shape index (κ3) is 3.26. The Hall–Kier alpha value is -1.98. The Kier molecular flexibility index (Phi) is 4.76. The Balaban J connectivity index is 2.94. The summed E-state index contributed by atoms with van der Waals surface area (Å²) in [6, 6.07) is 1.50. The number of methoxy groups -OCH3 is 2. The minimum Gasteiger partial charge on any atom is -0.493 e. The molecule has 98 valence electrons. The summed E-state index contributed by atoms with van der Waals surface area (Å²) in [6.07, 6.45) is -0.359. The molecule has 0 aliphatic rings. The number of ketones is 1. The molecule has 1 aromatic carbocycles. The van der Waals surface area contributed by atoms with Gasteiger partial charge in [-0.15, -0.1) is 0 Å². The average molecular weight is 258 g/mol. The van der Waals surface area contributed by atoms with Crippen LogP contribution in [0.1, 0.15) is 23.2 Å². The van der Waals surface area contributed by atoms with E-state index < -0.39 is 23.4 Å². The van der Waals surface area contributed by atoms with Crippen molar-refractivity contribution in [2.24, 2.45) is 0 Å². The third-order valence-electron chi connectivity index (χ3n) is 2.30. The lowest BCUT2D eigenvalue weighted by atomic mass is 10.0. The molecular formula is C12H12F2O4. The molecule has 0 radical (unpaired) electrons. The van der Waals surface area contributed by atoms with Crippen molar-refractivity contribution >= 4 is 11.8 Å². The predicted octanol–water partition coefficient (Wildman–Crippen LogP) is 2.11. The quantitative estimate of drug-likeness (QED) is 0.599. The highest BCUT2D eigenvalue weighted by molar-refractivity contribution is 6.00. The maximum atomic E-state index is 13.3. The van der Waals surface area contributed by atoms with E-state index in [1.165, 1.54) is 14.2 Å². The molecule has 0 spiro atoms. The largest absolute Gasteiger partial charge is 0.493 e. The van der Waals surface area contributed by atoms with Crippen molar-refractivity contribution in [3.63, 3.8) is 0 Å². The summed E-state index contributed by atoms with van der Waals surface area (Å²) in [6.45, 7) is 0. The smallest absolute Gasteiger partial charge is 0.305 e. The van der Waals surface area contributed by atoms with E-state index in [0.29, 0.717) is 6.07 Å². The summed E-state index contributed by atoms with van der Waals surface area (Å²) >= 11 is 0. The molecule has 0 unspecified atom stereocenters. The van der Waals surface area contributed by atoms with Gasteiger partial charge in [0.1, 0.15) is 5.82 Å². The molecule has 0 N–H and O–H groups in total. The second-order valence-corrected chi connectivity index (χ2v) is 3.47. The lowest BCUT2D eigenvalue weighted by Crippen LogP contribution is -2.08. The number of hydrogen-bond acceptors (Lipinski definition) is 4. The fraction of sp³-hybridized carbons (Fsp3) is 0.333. The lowest BCUT2D eigenvalue weighted by Gasteiger charge is -2.08.